The monoisotopic (exact) mass is 488 g/mol. The number of para-hydroxylation sites is 1. The molecule has 8 nitrogen and oxygen atoms in total. The van der Waals surface area contributed by atoms with Crippen molar-refractivity contribution in [2.24, 2.45) is 0 Å². The van der Waals surface area contributed by atoms with E-state index in [0.717, 1.165) is 16.9 Å². The lowest BCUT2D eigenvalue weighted by Gasteiger charge is -2.35. The van der Waals surface area contributed by atoms with Gasteiger partial charge in [-0.3, -0.25) is 0 Å². The second kappa shape index (κ2) is 9.24. The fourth-order valence-electron chi connectivity index (χ4n) is 4.50. The van der Waals surface area contributed by atoms with Crippen molar-refractivity contribution in [3.63, 3.8) is 0 Å². The van der Waals surface area contributed by atoms with Gasteiger partial charge in [0.2, 0.25) is 10.0 Å². The molecule has 35 heavy (non-hydrogen) atoms. The zero-order valence-electron chi connectivity index (χ0n) is 20.1. The molecule has 0 N–H and O–H groups in total. The van der Waals surface area contributed by atoms with Gasteiger partial charge in [0.15, 0.2) is 5.82 Å². The molecule has 1 saturated heterocycles. The second-order valence-electron chi connectivity index (χ2n) is 8.78. The lowest BCUT2D eigenvalue weighted by Crippen LogP contribution is -2.48. The fourth-order valence-corrected chi connectivity index (χ4v) is 6.27. The van der Waals surface area contributed by atoms with E-state index in [2.05, 4.69) is 20.2 Å². The van der Waals surface area contributed by atoms with Gasteiger partial charge in [-0.1, -0.05) is 48.0 Å². The molecule has 3 heterocycles. The van der Waals surface area contributed by atoms with Gasteiger partial charge in [0.25, 0.3) is 0 Å². The highest BCUT2D eigenvalue weighted by atomic mass is 32.2. The first-order valence-corrected chi connectivity index (χ1v) is 13.1. The van der Waals surface area contributed by atoms with Crippen LogP contribution in [0.4, 0.5) is 5.69 Å². The van der Waals surface area contributed by atoms with Crippen LogP contribution in [0.2, 0.25) is 0 Å². The average Bonchev–Trinajstić information content (AvgIpc) is 3.19. The van der Waals surface area contributed by atoms with Crippen molar-refractivity contribution in [3.8, 4) is 17.1 Å². The van der Waals surface area contributed by atoms with Crippen LogP contribution in [-0.2, 0) is 10.0 Å². The van der Waals surface area contributed by atoms with Crippen molar-refractivity contribution in [2.75, 3.05) is 31.1 Å². The number of nitrogens with zero attached hydrogens (tertiary/aromatic N) is 6. The van der Waals surface area contributed by atoms with E-state index >= 15 is 0 Å². The highest BCUT2D eigenvalue weighted by Gasteiger charge is 2.33. The van der Waals surface area contributed by atoms with E-state index in [1.54, 1.807) is 22.8 Å². The van der Waals surface area contributed by atoms with Gasteiger partial charge in [0.1, 0.15) is 4.90 Å². The Morgan fingerprint density at radius 1 is 0.771 bits per heavy atom. The van der Waals surface area contributed by atoms with Crippen molar-refractivity contribution < 1.29 is 8.42 Å². The van der Waals surface area contributed by atoms with Crippen LogP contribution < -0.4 is 4.90 Å². The number of aryl methyl sites for hydroxylation is 2. The van der Waals surface area contributed by atoms with Gasteiger partial charge in [-0.2, -0.15) is 9.40 Å². The first-order chi connectivity index (χ1) is 16.8. The van der Waals surface area contributed by atoms with Crippen LogP contribution in [-0.4, -0.2) is 58.9 Å². The van der Waals surface area contributed by atoms with Gasteiger partial charge in [-0.05, 0) is 45.0 Å². The Hall–Kier alpha value is -3.56. The molecular formula is C26H28N6O2S. The van der Waals surface area contributed by atoms with E-state index in [0.29, 0.717) is 43.4 Å². The minimum atomic E-state index is -3.70. The van der Waals surface area contributed by atoms with Gasteiger partial charge in [0.05, 0.1) is 17.1 Å². The smallest absolute Gasteiger partial charge is 0.246 e. The lowest BCUT2D eigenvalue weighted by molar-refractivity contribution is 0.384. The standard InChI is InChI=1S/C26H28N6O2S/c1-19-9-11-22(12-10-19)24-13-14-25(28-27-24)32-21(3)26(20(2)29-32)35(33,34)31-17-15-30(16-18-31)23-7-5-4-6-8-23/h4-14H,15-18H2,1-3H3. The molecule has 0 saturated carbocycles. The van der Waals surface area contributed by atoms with E-state index < -0.39 is 10.0 Å². The summed E-state index contributed by atoms with van der Waals surface area (Å²) < 4.78 is 30.3. The molecule has 9 heteroatoms. The summed E-state index contributed by atoms with van der Waals surface area (Å²) in [6.07, 6.45) is 0. The van der Waals surface area contributed by atoms with Crippen LogP contribution in [0.25, 0.3) is 17.1 Å². The van der Waals surface area contributed by atoms with Gasteiger partial charge in [0, 0.05) is 37.4 Å². The summed E-state index contributed by atoms with van der Waals surface area (Å²) in [7, 11) is -3.70. The molecule has 1 aliphatic rings. The number of anilines is 1. The highest BCUT2D eigenvalue weighted by Crippen LogP contribution is 2.27. The van der Waals surface area contributed by atoms with Crippen LogP contribution in [0.3, 0.4) is 0 Å². The number of benzene rings is 2. The van der Waals surface area contributed by atoms with Gasteiger partial charge in [-0.15, -0.1) is 10.2 Å². The zero-order valence-corrected chi connectivity index (χ0v) is 20.9. The molecule has 0 atom stereocenters. The molecule has 0 aliphatic carbocycles. The van der Waals surface area contributed by atoms with Crippen molar-refractivity contribution in [2.45, 2.75) is 25.7 Å². The molecular weight excluding hydrogens is 460 g/mol. The van der Waals surface area contributed by atoms with Crippen LogP contribution >= 0.6 is 0 Å². The molecule has 0 radical (unpaired) electrons. The number of aromatic nitrogens is 4. The number of hydrogen-bond donors (Lipinski definition) is 0. The van der Waals surface area contributed by atoms with Crippen molar-refractivity contribution in [3.05, 3.63) is 83.7 Å². The van der Waals surface area contributed by atoms with E-state index in [4.69, 9.17) is 0 Å². The van der Waals surface area contributed by atoms with Crippen LogP contribution in [0.1, 0.15) is 17.0 Å². The summed E-state index contributed by atoms with van der Waals surface area (Å²) in [6, 6.07) is 21.8. The Bertz CT molecular complexity index is 1420. The minimum Gasteiger partial charge on any atom is -0.369 e. The van der Waals surface area contributed by atoms with Crippen LogP contribution in [0.5, 0.6) is 0 Å². The van der Waals surface area contributed by atoms with Gasteiger partial charge in [-0.25, -0.2) is 13.1 Å². The van der Waals surface area contributed by atoms with Crippen molar-refractivity contribution in [1.29, 1.82) is 0 Å². The molecule has 4 aromatic rings. The lowest BCUT2D eigenvalue weighted by atomic mass is 10.1. The van der Waals surface area contributed by atoms with E-state index in [9.17, 15) is 8.42 Å². The van der Waals surface area contributed by atoms with Gasteiger partial charge < -0.3 is 4.90 Å². The summed E-state index contributed by atoms with van der Waals surface area (Å²) in [6.45, 7) is 7.66. The van der Waals surface area contributed by atoms with E-state index in [1.807, 2.05) is 73.7 Å². The predicted octanol–water partition coefficient (Wildman–Crippen LogP) is 3.77. The average molecular weight is 489 g/mol. The Labute approximate surface area is 205 Å². The third-order valence-corrected chi connectivity index (χ3v) is 8.55. The molecule has 0 amide bonds. The Morgan fingerprint density at radius 3 is 2.09 bits per heavy atom. The van der Waals surface area contributed by atoms with E-state index in [1.165, 1.54) is 5.56 Å². The number of rotatable bonds is 5. The quantitative estimate of drug-likeness (QED) is 0.425. The molecule has 5 rings (SSSR count). The third-order valence-electron chi connectivity index (χ3n) is 6.40. The van der Waals surface area contributed by atoms with Crippen LogP contribution in [0, 0.1) is 20.8 Å². The highest BCUT2D eigenvalue weighted by molar-refractivity contribution is 7.89. The molecule has 2 aromatic carbocycles. The van der Waals surface area contributed by atoms with E-state index in [-0.39, 0.29) is 4.90 Å². The molecule has 1 fully saturated rings. The maximum absolute atomic E-state index is 13.6. The summed E-state index contributed by atoms with van der Waals surface area (Å²) in [5, 5.41) is 13.2. The summed E-state index contributed by atoms with van der Waals surface area (Å²) in [5.41, 5.74) is 5.00. The molecule has 1 aliphatic heterocycles. The first-order valence-electron chi connectivity index (χ1n) is 11.6. The maximum Gasteiger partial charge on any atom is 0.246 e. The predicted molar refractivity (Wildman–Crippen MR) is 136 cm³/mol. The summed E-state index contributed by atoms with van der Waals surface area (Å²) in [4.78, 5) is 2.45. The normalized spacial score (nSPS) is 14.9. The Morgan fingerprint density at radius 2 is 1.46 bits per heavy atom. The number of hydrogen-bond acceptors (Lipinski definition) is 6. The van der Waals surface area contributed by atoms with Gasteiger partial charge >= 0.3 is 0 Å². The molecule has 0 spiro atoms. The van der Waals surface area contributed by atoms with Crippen molar-refractivity contribution >= 4 is 15.7 Å². The molecule has 2 aromatic heterocycles. The maximum atomic E-state index is 13.6. The zero-order chi connectivity index (χ0) is 24.6. The largest absolute Gasteiger partial charge is 0.369 e. The molecule has 0 unspecified atom stereocenters. The summed E-state index contributed by atoms with van der Waals surface area (Å²) in [5.74, 6) is 0.483. The van der Waals surface area contributed by atoms with Crippen molar-refractivity contribution in [1.82, 2.24) is 24.3 Å². The second-order valence-corrected chi connectivity index (χ2v) is 10.7. The van der Waals surface area contributed by atoms with Crippen LogP contribution in [0.15, 0.2) is 71.6 Å². The SMILES string of the molecule is Cc1ccc(-c2ccc(-n3nc(C)c(S(=O)(=O)N4CCN(c5ccccc5)CC4)c3C)nn2)cc1. The first kappa shape index (κ1) is 23.2. The fraction of sp³-hybridized carbons (Fsp3) is 0.269. The Kier molecular flexibility index (Phi) is 6.12. The minimum absolute atomic E-state index is 0.245. The topological polar surface area (TPSA) is 84.2 Å². The number of sulfonamides is 1. The number of piperazine rings is 1. The Balaban J connectivity index is 1.38. The summed E-state index contributed by atoms with van der Waals surface area (Å²) >= 11 is 0. The third kappa shape index (κ3) is 4.44. The molecule has 0 bridgehead atoms. The molecule has 180 valence electrons.